The highest BCUT2D eigenvalue weighted by Crippen LogP contribution is 2.53. The van der Waals surface area contributed by atoms with Gasteiger partial charge >= 0.3 is 0 Å². The fraction of sp³-hybridized carbons (Fsp3) is 0.0556. The van der Waals surface area contributed by atoms with E-state index >= 15 is 0 Å². The molecule has 3 aliphatic rings. The Hall–Kier alpha value is -4.76. The zero-order chi connectivity index (χ0) is 25.8. The van der Waals surface area contributed by atoms with Crippen molar-refractivity contribution in [3.63, 3.8) is 0 Å². The van der Waals surface area contributed by atoms with Gasteiger partial charge in [0.15, 0.2) is 0 Å². The monoisotopic (exact) mass is 497 g/mol. The van der Waals surface area contributed by atoms with Gasteiger partial charge in [-0.2, -0.15) is 0 Å². The molecule has 8 rings (SSSR count). The second-order valence-corrected chi connectivity index (χ2v) is 10.5. The van der Waals surface area contributed by atoms with Crippen LogP contribution in [-0.4, -0.2) is 7.41 Å². The van der Waals surface area contributed by atoms with E-state index in [1.165, 1.54) is 49.7 Å². The van der Waals surface area contributed by atoms with Gasteiger partial charge in [-0.25, -0.2) is 0 Å². The number of nitrogens with zero attached hydrogens (tertiary/aromatic N) is 1. The first-order valence-electron chi connectivity index (χ1n) is 13.6. The Morgan fingerprint density at radius 2 is 1.51 bits per heavy atom. The van der Waals surface area contributed by atoms with Crippen molar-refractivity contribution in [3.8, 4) is 11.1 Å². The van der Waals surface area contributed by atoms with Crippen molar-refractivity contribution in [2.45, 2.75) is 12.3 Å². The van der Waals surface area contributed by atoms with Crippen molar-refractivity contribution in [3.05, 3.63) is 156 Å². The highest BCUT2D eigenvalue weighted by atomic mass is 15.1. The van der Waals surface area contributed by atoms with E-state index in [2.05, 4.69) is 145 Å². The lowest BCUT2D eigenvalue weighted by Gasteiger charge is -2.24. The molecular weight excluding hydrogens is 471 g/mol. The highest BCUT2D eigenvalue weighted by molar-refractivity contribution is 6.49. The van der Waals surface area contributed by atoms with Crippen molar-refractivity contribution >= 4 is 40.8 Å². The van der Waals surface area contributed by atoms with Crippen LogP contribution in [0.3, 0.4) is 0 Å². The van der Waals surface area contributed by atoms with Crippen LogP contribution in [0, 0.1) is 0 Å². The van der Waals surface area contributed by atoms with Gasteiger partial charge in [0.05, 0.1) is 11.4 Å². The number of nitrogens with one attached hydrogen (secondary N) is 1. The Balaban J connectivity index is 1.12. The lowest BCUT2D eigenvalue weighted by Crippen LogP contribution is -2.22. The summed E-state index contributed by atoms with van der Waals surface area (Å²) in [6.07, 6.45) is 9.65. The van der Waals surface area contributed by atoms with Crippen molar-refractivity contribution in [2.24, 2.45) is 0 Å². The minimum Gasteiger partial charge on any atom is -0.390 e. The van der Waals surface area contributed by atoms with Crippen LogP contribution in [0.4, 0.5) is 17.1 Å². The minimum absolute atomic E-state index is 0.437. The number of rotatable bonds is 4. The third-order valence-corrected chi connectivity index (χ3v) is 8.26. The van der Waals surface area contributed by atoms with Crippen LogP contribution < -0.4 is 10.1 Å². The normalized spacial score (nSPS) is 16.5. The average molecular weight is 497 g/mol. The summed E-state index contributed by atoms with van der Waals surface area (Å²) < 4.78 is 0. The summed E-state index contributed by atoms with van der Waals surface area (Å²) in [5.74, 6) is 2.49. The molecule has 183 valence electrons. The van der Waals surface area contributed by atoms with E-state index in [0.717, 1.165) is 23.5 Å². The number of anilines is 3. The number of allylic oxidation sites excluding steroid dienone is 3. The largest absolute Gasteiger partial charge is 0.390 e. The van der Waals surface area contributed by atoms with Gasteiger partial charge in [-0.1, -0.05) is 84.9 Å². The minimum atomic E-state index is 0.437. The molecule has 0 saturated heterocycles. The predicted molar refractivity (Wildman–Crippen MR) is 166 cm³/mol. The Labute approximate surface area is 229 Å². The molecule has 3 heteroatoms. The van der Waals surface area contributed by atoms with Crippen LogP contribution >= 0.6 is 0 Å². The summed E-state index contributed by atoms with van der Waals surface area (Å²) >= 11 is 0. The summed E-state index contributed by atoms with van der Waals surface area (Å²) in [5.41, 5.74) is 13.0. The van der Waals surface area contributed by atoms with Crippen LogP contribution in [0.25, 0.3) is 27.5 Å². The van der Waals surface area contributed by atoms with E-state index in [1.54, 1.807) is 0 Å². The van der Waals surface area contributed by atoms with Crippen LogP contribution in [0.15, 0.2) is 134 Å². The van der Waals surface area contributed by atoms with Crippen LogP contribution in [0.5, 0.6) is 0 Å². The topological polar surface area (TPSA) is 15.3 Å². The molecule has 1 radical (unpaired) electrons. The fourth-order valence-corrected chi connectivity index (χ4v) is 6.46. The predicted octanol–water partition coefficient (Wildman–Crippen LogP) is 9.00. The van der Waals surface area contributed by atoms with Crippen molar-refractivity contribution in [1.29, 1.82) is 0 Å². The van der Waals surface area contributed by atoms with Gasteiger partial charge in [0.2, 0.25) is 0 Å². The zero-order valence-corrected chi connectivity index (χ0v) is 21.5. The average Bonchev–Trinajstić information content (AvgIpc) is 3.31. The summed E-state index contributed by atoms with van der Waals surface area (Å²) in [6.45, 7) is 0. The van der Waals surface area contributed by atoms with Gasteiger partial charge in [0.1, 0.15) is 0 Å². The molecule has 1 unspecified atom stereocenters. The number of para-hydroxylation sites is 2. The Morgan fingerprint density at radius 1 is 0.718 bits per heavy atom. The molecule has 0 fully saturated rings. The maximum absolute atomic E-state index is 3.63. The number of fused-ring (bicyclic) bond motifs is 4. The first kappa shape index (κ1) is 22.2. The summed E-state index contributed by atoms with van der Waals surface area (Å²) in [7, 11) is 2.08. The van der Waals surface area contributed by atoms with Crippen molar-refractivity contribution < 1.29 is 0 Å². The van der Waals surface area contributed by atoms with E-state index < -0.39 is 0 Å². The molecule has 1 N–H and O–H groups in total. The standard InChI is InChI=1S/C36H26BN2/c1-2-9-26-23-33-31-19-18-28(29-10-7-11-30(36(29)31)32(33)22-25(26)8-1)24-14-16-27(17-15-24)38-34-12-3-4-13-35(34)39-21-6-5-20-37-39/h1-18,20-23,31,38H,19H2. The maximum Gasteiger partial charge on any atom is 0.282 e. The van der Waals surface area contributed by atoms with Crippen LogP contribution in [-0.2, 0) is 0 Å². The van der Waals surface area contributed by atoms with Crippen molar-refractivity contribution in [2.75, 3.05) is 10.1 Å². The van der Waals surface area contributed by atoms with Gasteiger partial charge in [-0.05, 0) is 105 Å². The zero-order valence-electron chi connectivity index (χ0n) is 21.5. The quantitative estimate of drug-likeness (QED) is 0.249. The molecule has 0 spiro atoms. The number of hydrogen-bond donors (Lipinski definition) is 1. The number of benzene rings is 5. The fourth-order valence-electron chi connectivity index (χ4n) is 6.46. The lowest BCUT2D eigenvalue weighted by atomic mass is 9.80. The lowest BCUT2D eigenvalue weighted by molar-refractivity contribution is 0.841. The van der Waals surface area contributed by atoms with Gasteiger partial charge in [0.25, 0.3) is 7.41 Å². The second-order valence-electron chi connectivity index (χ2n) is 10.5. The summed E-state index contributed by atoms with van der Waals surface area (Å²) in [4.78, 5) is 2.14. The molecule has 5 aromatic carbocycles. The van der Waals surface area contributed by atoms with E-state index in [-0.39, 0.29) is 0 Å². The molecule has 0 bridgehead atoms. The molecule has 2 aliphatic carbocycles. The third kappa shape index (κ3) is 3.65. The molecule has 5 aromatic rings. The smallest absolute Gasteiger partial charge is 0.282 e. The van der Waals surface area contributed by atoms with Gasteiger partial charge in [0, 0.05) is 11.6 Å². The Bertz CT molecular complexity index is 1840. The van der Waals surface area contributed by atoms with E-state index in [1.807, 2.05) is 6.08 Å². The molecule has 2 nitrogen and oxygen atoms in total. The van der Waals surface area contributed by atoms with E-state index in [4.69, 9.17) is 0 Å². The van der Waals surface area contributed by atoms with Crippen LogP contribution in [0.2, 0.25) is 0 Å². The molecule has 39 heavy (non-hydrogen) atoms. The van der Waals surface area contributed by atoms with Gasteiger partial charge in [-0.3, -0.25) is 0 Å². The third-order valence-electron chi connectivity index (χ3n) is 8.26. The van der Waals surface area contributed by atoms with E-state index in [0.29, 0.717) is 5.92 Å². The molecule has 0 saturated carbocycles. The molecule has 0 aromatic heterocycles. The molecule has 1 atom stereocenters. The first-order valence-corrected chi connectivity index (χ1v) is 13.6. The maximum atomic E-state index is 3.63. The highest BCUT2D eigenvalue weighted by Gasteiger charge is 2.34. The second kappa shape index (κ2) is 8.92. The SMILES string of the molecule is [B]1C=CC=CN1c1ccccc1Nc1ccc(C2=CCC3c4cc5ccccc5cc4-c4cccc2c43)cc1. The van der Waals surface area contributed by atoms with E-state index in [9.17, 15) is 0 Å². The Kier molecular flexibility index (Phi) is 5.09. The molecule has 0 amide bonds. The van der Waals surface area contributed by atoms with Crippen molar-refractivity contribution in [1.82, 2.24) is 0 Å². The first-order chi connectivity index (χ1) is 19.3. The number of hydrogen-bond acceptors (Lipinski definition) is 2. The molecule has 1 heterocycles. The van der Waals surface area contributed by atoms with Gasteiger partial charge < -0.3 is 10.1 Å². The Morgan fingerprint density at radius 3 is 2.36 bits per heavy atom. The molecular formula is C36H26BN2. The van der Waals surface area contributed by atoms with Crippen LogP contribution in [0.1, 0.15) is 34.6 Å². The molecule has 1 aliphatic heterocycles. The van der Waals surface area contributed by atoms with Gasteiger partial charge in [-0.15, -0.1) is 0 Å². The summed E-state index contributed by atoms with van der Waals surface area (Å²) in [6, 6.07) is 37.7. The summed E-state index contributed by atoms with van der Waals surface area (Å²) in [5, 5.41) is 6.28.